The van der Waals surface area contributed by atoms with Crippen LogP contribution in [0.2, 0.25) is 0 Å². The van der Waals surface area contributed by atoms with Crippen LogP contribution in [0.25, 0.3) is 0 Å². The smallest absolute Gasteiger partial charge is 0.352 e. The number of amides is 1. The number of carbonyl (C=O) groups excluding carboxylic acids is 1. The second-order valence-electron chi connectivity index (χ2n) is 2.85. The van der Waals surface area contributed by atoms with Crippen molar-refractivity contribution in [3.05, 3.63) is 18.0 Å². The Labute approximate surface area is 90.5 Å². The van der Waals surface area contributed by atoms with Crippen LogP contribution in [0, 0.1) is 0 Å². The fourth-order valence-electron chi connectivity index (χ4n) is 0.903. The van der Waals surface area contributed by atoms with Gasteiger partial charge in [0.25, 0.3) is 0 Å². The van der Waals surface area contributed by atoms with E-state index in [0.717, 1.165) is 12.3 Å². The Balaban J connectivity index is 2.90. The van der Waals surface area contributed by atoms with Crippen LogP contribution in [0.1, 0.15) is 10.5 Å². The number of nitrogens with two attached hydrogens (primary N) is 1. The summed E-state index contributed by atoms with van der Waals surface area (Å²) in [5.74, 6) is -2.12. The van der Waals surface area contributed by atoms with Gasteiger partial charge in [0.1, 0.15) is 10.6 Å². The van der Waals surface area contributed by atoms with E-state index in [4.69, 9.17) is 10.8 Å². The molecule has 0 spiro atoms. The zero-order chi connectivity index (χ0) is 12.3. The average molecular weight is 247 g/mol. The molecule has 1 aromatic heterocycles. The molecule has 1 heterocycles. The first-order chi connectivity index (χ1) is 7.33. The van der Waals surface area contributed by atoms with Crippen molar-refractivity contribution in [2.75, 3.05) is 6.54 Å². The summed E-state index contributed by atoms with van der Waals surface area (Å²) in [5, 5.41) is 8.56. The normalized spacial score (nSPS) is 11.2. The number of hydrogen-bond donors (Lipinski definition) is 4. The van der Waals surface area contributed by atoms with Crippen molar-refractivity contribution in [1.29, 1.82) is 0 Å². The molecule has 0 atom stereocenters. The number of carboxylic acid groups (broad SMARTS) is 1. The monoisotopic (exact) mass is 247 g/mol. The number of aromatic carboxylic acids is 1. The number of aromatic nitrogens is 1. The Bertz CT molecular complexity index is 518. The Morgan fingerprint density at radius 3 is 2.56 bits per heavy atom. The van der Waals surface area contributed by atoms with Crippen LogP contribution in [0.5, 0.6) is 0 Å². The summed E-state index contributed by atoms with van der Waals surface area (Å²) in [7, 11) is -3.91. The molecule has 0 saturated heterocycles. The van der Waals surface area contributed by atoms with Gasteiger partial charge in [-0.15, -0.1) is 0 Å². The molecule has 0 aliphatic heterocycles. The number of hydrogen-bond acceptors (Lipinski definition) is 4. The number of aromatic amines is 1. The third kappa shape index (κ3) is 2.81. The minimum Gasteiger partial charge on any atom is -0.477 e. The molecule has 1 rings (SSSR count). The number of sulfonamides is 1. The minimum absolute atomic E-state index is 0.264. The number of nitrogens with one attached hydrogen (secondary N) is 2. The van der Waals surface area contributed by atoms with Crippen LogP contribution >= 0.6 is 0 Å². The Kier molecular flexibility index (Phi) is 3.30. The number of carbonyl (C=O) groups is 2. The fourth-order valence-corrected chi connectivity index (χ4v) is 1.89. The molecule has 0 saturated carbocycles. The standard InChI is InChI=1S/C7H9N3O5S/c8-6(11)3-10-16(14,15)4-1-5(7(12)13)9-2-4/h1-2,9-10H,3H2,(H2,8,11)(H,12,13). The van der Waals surface area contributed by atoms with Gasteiger partial charge in [-0.3, -0.25) is 4.79 Å². The summed E-state index contributed by atoms with van der Waals surface area (Å²) in [6.45, 7) is -0.546. The van der Waals surface area contributed by atoms with Crippen LogP contribution in [0.4, 0.5) is 0 Å². The van der Waals surface area contributed by atoms with Gasteiger partial charge in [-0.1, -0.05) is 0 Å². The lowest BCUT2D eigenvalue weighted by Crippen LogP contribution is -2.33. The molecule has 0 aromatic carbocycles. The zero-order valence-corrected chi connectivity index (χ0v) is 8.74. The van der Waals surface area contributed by atoms with Crippen LogP contribution < -0.4 is 10.5 Å². The summed E-state index contributed by atoms with van der Waals surface area (Å²) in [4.78, 5) is 22.9. The maximum Gasteiger partial charge on any atom is 0.352 e. The predicted molar refractivity (Wildman–Crippen MR) is 52.1 cm³/mol. The quantitative estimate of drug-likeness (QED) is 0.499. The number of H-pyrrole nitrogens is 1. The first-order valence-corrected chi connectivity index (χ1v) is 5.51. The van der Waals surface area contributed by atoms with Gasteiger partial charge in [-0.05, 0) is 6.07 Å². The van der Waals surface area contributed by atoms with Crippen molar-refractivity contribution in [2.24, 2.45) is 5.73 Å². The van der Waals surface area contributed by atoms with E-state index in [1.165, 1.54) is 0 Å². The van der Waals surface area contributed by atoms with Crippen molar-refractivity contribution in [1.82, 2.24) is 9.71 Å². The van der Waals surface area contributed by atoms with E-state index < -0.39 is 28.4 Å². The third-order valence-corrected chi connectivity index (χ3v) is 3.01. The van der Waals surface area contributed by atoms with Crippen molar-refractivity contribution in [3.8, 4) is 0 Å². The highest BCUT2D eigenvalue weighted by atomic mass is 32.2. The van der Waals surface area contributed by atoms with Gasteiger partial charge in [0.05, 0.1) is 6.54 Å². The number of primary amides is 1. The Hall–Kier alpha value is -1.87. The lowest BCUT2D eigenvalue weighted by molar-refractivity contribution is -0.116. The summed E-state index contributed by atoms with van der Waals surface area (Å²) < 4.78 is 24.8. The van der Waals surface area contributed by atoms with E-state index in [1.54, 1.807) is 0 Å². The molecular weight excluding hydrogens is 238 g/mol. The predicted octanol–water partition coefficient (Wildman–Crippen LogP) is -1.52. The van der Waals surface area contributed by atoms with E-state index in [2.05, 4.69) is 4.98 Å². The van der Waals surface area contributed by atoms with Gasteiger partial charge in [-0.2, -0.15) is 0 Å². The molecule has 1 aromatic rings. The van der Waals surface area contributed by atoms with Crippen molar-refractivity contribution < 1.29 is 23.1 Å². The molecule has 0 unspecified atom stereocenters. The molecule has 8 nitrogen and oxygen atoms in total. The molecule has 0 aliphatic carbocycles. The van der Waals surface area contributed by atoms with Gasteiger partial charge in [0, 0.05) is 6.20 Å². The molecule has 1 amide bonds. The molecule has 0 bridgehead atoms. The number of carboxylic acids is 1. The lowest BCUT2D eigenvalue weighted by atomic mass is 10.4. The maximum absolute atomic E-state index is 11.4. The average Bonchev–Trinajstić information content (AvgIpc) is 2.64. The van der Waals surface area contributed by atoms with Gasteiger partial charge in [0.2, 0.25) is 15.9 Å². The summed E-state index contributed by atoms with van der Waals surface area (Å²) in [6.07, 6.45) is 1.01. The van der Waals surface area contributed by atoms with Gasteiger partial charge < -0.3 is 15.8 Å². The first kappa shape index (κ1) is 12.2. The highest BCUT2D eigenvalue weighted by Gasteiger charge is 2.18. The van der Waals surface area contributed by atoms with Gasteiger partial charge in [0.15, 0.2) is 0 Å². The van der Waals surface area contributed by atoms with E-state index in [1.807, 2.05) is 4.72 Å². The van der Waals surface area contributed by atoms with E-state index in [9.17, 15) is 18.0 Å². The van der Waals surface area contributed by atoms with E-state index >= 15 is 0 Å². The summed E-state index contributed by atoms with van der Waals surface area (Å²) in [5.41, 5.74) is 4.50. The topological polar surface area (TPSA) is 142 Å². The molecule has 0 radical (unpaired) electrons. The molecule has 16 heavy (non-hydrogen) atoms. The summed E-state index contributed by atoms with van der Waals surface area (Å²) >= 11 is 0. The van der Waals surface area contributed by atoms with Crippen LogP contribution in [0.15, 0.2) is 17.2 Å². The third-order valence-electron chi connectivity index (χ3n) is 1.63. The fraction of sp³-hybridized carbons (Fsp3) is 0.143. The maximum atomic E-state index is 11.4. The summed E-state index contributed by atoms with van der Waals surface area (Å²) in [6, 6.07) is 0.936. The molecule has 5 N–H and O–H groups in total. The molecule has 0 fully saturated rings. The molecule has 0 aliphatic rings. The van der Waals surface area contributed by atoms with Crippen molar-refractivity contribution in [3.63, 3.8) is 0 Å². The SMILES string of the molecule is NC(=O)CNS(=O)(=O)c1c[nH]c(C(=O)O)c1. The highest BCUT2D eigenvalue weighted by Crippen LogP contribution is 2.09. The van der Waals surface area contributed by atoms with Crippen LogP contribution in [-0.4, -0.2) is 36.9 Å². The number of rotatable bonds is 5. The largest absolute Gasteiger partial charge is 0.477 e. The highest BCUT2D eigenvalue weighted by molar-refractivity contribution is 7.89. The Morgan fingerprint density at radius 2 is 2.12 bits per heavy atom. The Morgan fingerprint density at radius 1 is 1.50 bits per heavy atom. The van der Waals surface area contributed by atoms with E-state index in [-0.39, 0.29) is 10.6 Å². The molecule has 9 heteroatoms. The zero-order valence-electron chi connectivity index (χ0n) is 7.93. The molecular formula is C7H9N3O5S. The van der Waals surface area contributed by atoms with Crippen molar-refractivity contribution >= 4 is 21.9 Å². The van der Waals surface area contributed by atoms with Crippen LogP contribution in [0.3, 0.4) is 0 Å². The van der Waals surface area contributed by atoms with Crippen LogP contribution in [-0.2, 0) is 14.8 Å². The second-order valence-corrected chi connectivity index (χ2v) is 4.61. The second kappa shape index (κ2) is 4.33. The first-order valence-electron chi connectivity index (χ1n) is 4.02. The molecule has 88 valence electrons. The lowest BCUT2D eigenvalue weighted by Gasteiger charge is -2.00. The van der Waals surface area contributed by atoms with E-state index in [0.29, 0.717) is 0 Å². The van der Waals surface area contributed by atoms with Gasteiger partial charge >= 0.3 is 5.97 Å². The minimum atomic E-state index is -3.91. The van der Waals surface area contributed by atoms with Gasteiger partial charge in [-0.25, -0.2) is 17.9 Å². The van der Waals surface area contributed by atoms with Crippen molar-refractivity contribution in [2.45, 2.75) is 4.90 Å².